The fourth-order valence-corrected chi connectivity index (χ4v) is 1.73. The third-order valence-electron chi connectivity index (χ3n) is 2.30. The summed E-state index contributed by atoms with van der Waals surface area (Å²) in [5, 5.41) is 6.36. The highest BCUT2D eigenvalue weighted by Crippen LogP contribution is 2.18. The normalized spacial score (nSPS) is 10.3. The van der Waals surface area contributed by atoms with Crippen LogP contribution < -0.4 is 5.32 Å². The van der Waals surface area contributed by atoms with Crippen LogP contribution >= 0.6 is 15.9 Å². The summed E-state index contributed by atoms with van der Waals surface area (Å²) in [5.74, 6) is 0.869. The lowest BCUT2D eigenvalue weighted by atomic mass is 10.1. The van der Waals surface area contributed by atoms with Gasteiger partial charge in [-0.2, -0.15) is 0 Å². The predicted molar refractivity (Wildman–Crippen MR) is 68.1 cm³/mol. The minimum atomic E-state index is -0.209. The molecule has 1 N–H and O–H groups in total. The first kappa shape index (κ1) is 11.9. The second-order valence-corrected chi connectivity index (χ2v) is 4.60. The molecule has 2 aromatic rings. The first-order valence-electron chi connectivity index (χ1n) is 5.07. The van der Waals surface area contributed by atoms with Crippen LogP contribution in [0, 0.1) is 13.8 Å². The fourth-order valence-electron chi connectivity index (χ4n) is 1.35. The maximum atomic E-state index is 11.9. The molecule has 0 unspecified atom stereocenters. The van der Waals surface area contributed by atoms with Crippen LogP contribution in [0.2, 0.25) is 0 Å². The Kier molecular flexibility index (Phi) is 3.28. The number of halogens is 1. The van der Waals surface area contributed by atoms with Crippen molar-refractivity contribution in [3.05, 3.63) is 45.6 Å². The van der Waals surface area contributed by atoms with Gasteiger partial charge in [-0.3, -0.25) is 4.79 Å². The number of hydrogen-bond acceptors (Lipinski definition) is 3. The molecule has 0 aliphatic heterocycles. The Morgan fingerprint density at radius 2 is 2.12 bits per heavy atom. The summed E-state index contributed by atoms with van der Waals surface area (Å²) >= 11 is 3.39. The number of benzene rings is 1. The monoisotopic (exact) mass is 294 g/mol. The van der Waals surface area contributed by atoms with Crippen LogP contribution in [-0.4, -0.2) is 11.1 Å². The van der Waals surface area contributed by atoms with Gasteiger partial charge in [0, 0.05) is 16.1 Å². The standard InChI is InChI=1S/C12H11BrN2O2/c1-7-3-4-9(6-10(7)13)12(16)14-11-5-8(2)17-15-11/h3-6H,1-2H3,(H,14,15,16). The number of nitrogens with zero attached hydrogens (tertiary/aromatic N) is 1. The van der Waals surface area contributed by atoms with Crippen LogP contribution in [0.15, 0.2) is 33.3 Å². The van der Waals surface area contributed by atoms with Crippen molar-refractivity contribution in [1.29, 1.82) is 0 Å². The summed E-state index contributed by atoms with van der Waals surface area (Å²) < 4.78 is 5.77. The molecule has 0 bridgehead atoms. The van der Waals surface area contributed by atoms with E-state index in [0.29, 0.717) is 17.1 Å². The quantitative estimate of drug-likeness (QED) is 0.924. The highest BCUT2D eigenvalue weighted by molar-refractivity contribution is 9.10. The number of rotatable bonds is 2. The molecular weight excluding hydrogens is 284 g/mol. The summed E-state index contributed by atoms with van der Waals surface area (Å²) in [6.07, 6.45) is 0. The van der Waals surface area contributed by atoms with Crippen molar-refractivity contribution >= 4 is 27.7 Å². The molecule has 4 nitrogen and oxygen atoms in total. The Bertz CT molecular complexity index is 563. The SMILES string of the molecule is Cc1cc(NC(=O)c2ccc(C)c(Br)c2)no1. The molecule has 0 saturated carbocycles. The van der Waals surface area contributed by atoms with E-state index in [1.54, 1.807) is 25.1 Å². The van der Waals surface area contributed by atoms with Gasteiger partial charge < -0.3 is 9.84 Å². The number of amides is 1. The van der Waals surface area contributed by atoms with Crippen LogP contribution in [-0.2, 0) is 0 Å². The van der Waals surface area contributed by atoms with Crippen molar-refractivity contribution in [2.45, 2.75) is 13.8 Å². The molecular formula is C12H11BrN2O2. The van der Waals surface area contributed by atoms with Gasteiger partial charge in [0.2, 0.25) is 0 Å². The summed E-state index contributed by atoms with van der Waals surface area (Å²) in [6, 6.07) is 7.09. The molecule has 1 aromatic heterocycles. The van der Waals surface area contributed by atoms with E-state index in [0.717, 1.165) is 10.0 Å². The second kappa shape index (κ2) is 4.71. The molecule has 88 valence electrons. The molecule has 0 atom stereocenters. The van der Waals surface area contributed by atoms with E-state index in [2.05, 4.69) is 26.4 Å². The van der Waals surface area contributed by atoms with E-state index in [4.69, 9.17) is 4.52 Å². The first-order chi connectivity index (χ1) is 8.06. The number of hydrogen-bond donors (Lipinski definition) is 1. The number of aromatic nitrogens is 1. The van der Waals surface area contributed by atoms with Crippen LogP contribution in [0.1, 0.15) is 21.7 Å². The molecule has 1 aromatic carbocycles. The maximum absolute atomic E-state index is 11.9. The average Bonchev–Trinajstić information content (AvgIpc) is 2.68. The number of nitrogens with one attached hydrogen (secondary N) is 1. The Hall–Kier alpha value is -1.62. The zero-order valence-electron chi connectivity index (χ0n) is 9.45. The lowest BCUT2D eigenvalue weighted by molar-refractivity contribution is 0.102. The largest absolute Gasteiger partial charge is 0.360 e. The van der Waals surface area contributed by atoms with Crippen LogP contribution in [0.25, 0.3) is 0 Å². The van der Waals surface area contributed by atoms with Crippen molar-refractivity contribution in [1.82, 2.24) is 5.16 Å². The highest BCUT2D eigenvalue weighted by Gasteiger charge is 2.09. The van der Waals surface area contributed by atoms with Gasteiger partial charge in [0.15, 0.2) is 5.82 Å². The summed E-state index contributed by atoms with van der Waals surface area (Å²) in [4.78, 5) is 11.9. The minimum absolute atomic E-state index is 0.209. The van der Waals surface area contributed by atoms with E-state index >= 15 is 0 Å². The topological polar surface area (TPSA) is 55.1 Å². The molecule has 5 heteroatoms. The van der Waals surface area contributed by atoms with Crippen molar-refractivity contribution in [2.24, 2.45) is 0 Å². The molecule has 0 radical (unpaired) electrons. The van der Waals surface area contributed by atoms with Crippen LogP contribution in [0.3, 0.4) is 0 Å². The Labute approximate surface area is 107 Å². The number of anilines is 1. The molecule has 0 saturated heterocycles. The minimum Gasteiger partial charge on any atom is -0.360 e. The van der Waals surface area contributed by atoms with E-state index in [1.165, 1.54) is 0 Å². The average molecular weight is 295 g/mol. The number of aryl methyl sites for hydroxylation is 2. The van der Waals surface area contributed by atoms with E-state index in [9.17, 15) is 4.79 Å². The van der Waals surface area contributed by atoms with Gasteiger partial charge in [-0.1, -0.05) is 27.2 Å². The zero-order chi connectivity index (χ0) is 12.4. The molecule has 0 spiro atoms. The van der Waals surface area contributed by atoms with Crippen LogP contribution in [0.4, 0.5) is 5.82 Å². The maximum Gasteiger partial charge on any atom is 0.256 e. The van der Waals surface area contributed by atoms with Crippen molar-refractivity contribution in [3.8, 4) is 0 Å². The Morgan fingerprint density at radius 3 is 2.71 bits per heavy atom. The van der Waals surface area contributed by atoms with Gasteiger partial charge in [-0.05, 0) is 31.5 Å². The smallest absolute Gasteiger partial charge is 0.256 e. The zero-order valence-corrected chi connectivity index (χ0v) is 11.0. The van der Waals surface area contributed by atoms with Gasteiger partial charge in [0.25, 0.3) is 5.91 Å². The van der Waals surface area contributed by atoms with E-state index in [-0.39, 0.29) is 5.91 Å². The van der Waals surface area contributed by atoms with Gasteiger partial charge in [-0.15, -0.1) is 0 Å². The van der Waals surface area contributed by atoms with Crippen molar-refractivity contribution in [3.63, 3.8) is 0 Å². The van der Waals surface area contributed by atoms with Gasteiger partial charge >= 0.3 is 0 Å². The molecule has 2 rings (SSSR count). The van der Waals surface area contributed by atoms with Crippen molar-refractivity contribution < 1.29 is 9.32 Å². The lowest BCUT2D eigenvalue weighted by Gasteiger charge is -2.03. The molecule has 0 aliphatic rings. The highest BCUT2D eigenvalue weighted by atomic mass is 79.9. The molecule has 1 amide bonds. The van der Waals surface area contributed by atoms with Gasteiger partial charge in [0.1, 0.15) is 5.76 Å². The third-order valence-corrected chi connectivity index (χ3v) is 3.16. The Balaban J connectivity index is 2.17. The Morgan fingerprint density at radius 1 is 1.35 bits per heavy atom. The number of carbonyl (C=O) groups is 1. The summed E-state index contributed by atoms with van der Waals surface area (Å²) in [7, 11) is 0. The van der Waals surface area contributed by atoms with Crippen LogP contribution in [0.5, 0.6) is 0 Å². The van der Waals surface area contributed by atoms with Crippen molar-refractivity contribution in [2.75, 3.05) is 5.32 Å². The summed E-state index contributed by atoms with van der Waals surface area (Å²) in [5.41, 5.74) is 1.65. The molecule has 1 heterocycles. The second-order valence-electron chi connectivity index (χ2n) is 3.74. The molecule has 0 aliphatic carbocycles. The third kappa shape index (κ3) is 2.74. The first-order valence-corrected chi connectivity index (χ1v) is 5.86. The predicted octanol–water partition coefficient (Wildman–Crippen LogP) is 3.31. The van der Waals surface area contributed by atoms with E-state index < -0.39 is 0 Å². The lowest BCUT2D eigenvalue weighted by Crippen LogP contribution is -2.12. The summed E-state index contributed by atoms with van der Waals surface area (Å²) in [6.45, 7) is 3.73. The molecule has 0 fully saturated rings. The molecule has 17 heavy (non-hydrogen) atoms. The fraction of sp³-hybridized carbons (Fsp3) is 0.167. The van der Waals surface area contributed by atoms with Gasteiger partial charge in [-0.25, -0.2) is 0 Å². The number of carbonyl (C=O) groups excluding carboxylic acids is 1. The van der Waals surface area contributed by atoms with Gasteiger partial charge in [0.05, 0.1) is 0 Å². The van der Waals surface area contributed by atoms with E-state index in [1.807, 2.05) is 13.0 Å².